The molecule has 0 spiro atoms. The zero-order chi connectivity index (χ0) is 20.9. The van der Waals surface area contributed by atoms with Crippen molar-refractivity contribution in [3.8, 4) is 5.75 Å². The van der Waals surface area contributed by atoms with Crippen molar-refractivity contribution in [1.82, 2.24) is 4.90 Å². The predicted molar refractivity (Wildman–Crippen MR) is 116 cm³/mol. The van der Waals surface area contributed by atoms with Crippen LogP contribution >= 0.6 is 0 Å². The van der Waals surface area contributed by atoms with Crippen molar-refractivity contribution in [2.75, 3.05) is 11.9 Å². The van der Waals surface area contributed by atoms with Crippen LogP contribution in [-0.4, -0.2) is 29.4 Å². The third kappa shape index (κ3) is 4.51. The smallest absolute Gasteiger partial charge is 0.263 e. The first-order valence-corrected chi connectivity index (χ1v) is 10.1. The van der Waals surface area contributed by atoms with Gasteiger partial charge in [0.2, 0.25) is 0 Å². The van der Waals surface area contributed by atoms with Gasteiger partial charge in [-0.25, -0.2) is 0 Å². The van der Waals surface area contributed by atoms with Crippen LogP contribution in [0.4, 0.5) is 5.69 Å². The van der Waals surface area contributed by atoms with Gasteiger partial charge in [-0.15, -0.1) is 0 Å². The van der Waals surface area contributed by atoms with E-state index in [0.717, 1.165) is 12.0 Å². The molecule has 0 saturated carbocycles. The highest BCUT2D eigenvalue weighted by atomic mass is 16.5. The number of anilines is 1. The quantitative estimate of drug-likeness (QED) is 0.695. The van der Waals surface area contributed by atoms with Crippen LogP contribution in [0.1, 0.15) is 28.4 Å². The Balaban J connectivity index is 1.51. The van der Waals surface area contributed by atoms with Gasteiger partial charge in [0, 0.05) is 29.9 Å². The van der Waals surface area contributed by atoms with E-state index in [0.29, 0.717) is 30.1 Å². The molecular formula is C25H24N2O3. The van der Waals surface area contributed by atoms with Crippen molar-refractivity contribution in [3.63, 3.8) is 0 Å². The zero-order valence-electron chi connectivity index (χ0n) is 16.9. The molecule has 4 rings (SSSR count). The number of rotatable bonds is 5. The molecule has 1 atom stereocenters. The first kappa shape index (κ1) is 19.7. The van der Waals surface area contributed by atoms with Crippen molar-refractivity contribution in [2.24, 2.45) is 0 Å². The van der Waals surface area contributed by atoms with Gasteiger partial charge in [0.15, 0.2) is 6.10 Å². The second-order valence-corrected chi connectivity index (χ2v) is 7.40. The summed E-state index contributed by atoms with van der Waals surface area (Å²) in [4.78, 5) is 27.1. The SMILES string of the molecule is CC1Oc2ccc(NC(=O)c3ccccc3)cc2CN(CCc2ccccc2)C1=O. The number of nitrogens with one attached hydrogen (secondary N) is 1. The van der Waals surface area contributed by atoms with E-state index < -0.39 is 6.10 Å². The largest absolute Gasteiger partial charge is 0.481 e. The summed E-state index contributed by atoms with van der Waals surface area (Å²) in [6, 6.07) is 24.7. The lowest BCUT2D eigenvalue weighted by molar-refractivity contribution is -0.137. The maximum atomic E-state index is 12.8. The lowest BCUT2D eigenvalue weighted by atomic mass is 10.1. The van der Waals surface area contributed by atoms with E-state index in [1.165, 1.54) is 5.56 Å². The lowest BCUT2D eigenvalue weighted by Gasteiger charge is -2.22. The second-order valence-electron chi connectivity index (χ2n) is 7.40. The van der Waals surface area contributed by atoms with Crippen molar-refractivity contribution in [2.45, 2.75) is 26.0 Å². The minimum absolute atomic E-state index is 0.0306. The first-order valence-electron chi connectivity index (χ1n) is 10.1. The van der Waals surface area contributed by atoms with Gasteiger partial charge in [0.25, 0.3) is 11.8 Å². The Morgan fingerprint density at radius 3 is 2.47 bits per heavy atom. The third-order valence-electron chi connectivity index (χ3n) is 5.19. The number of nitrogens with zero attached hydrogens (tertiary/aromatic N) is 1. The first-order chi connectivity index (χ1) is 14.6. The molecule has 1 aliphatic rings. The monoisotopic (exact) mass is 400 g/mol. The number of hydrogen-bond acceptors (Lipinski definition) is 3. The van der Waals surface area contributed by atoms with Gasteiger partial charge in [-0.05, 0) is 49.2 Å². The van der Waals surface area contributed by atoms with Crippen LogP contribution < -0.4 is 10.1 Å². The highest BCUT2D eigenvalue weighted by Crippen LogP contribution is 2.29. The number of ether oxygens (including phenoxy) is 1. The minimum Gasteiger partial charge on any atom is -0.481 e. The summed E-state index contributed by atoms with van der Waals surface area (Å²) in [5.74, 6) is 0.475. The molecule has 0 aliphatic carbocycles. The van der Waals surface area contributed by atoms with Crippen molar-refractivity contribution < 1.29 is 14.3 Å². The number of amides is 2. The van der Waals surface area contributed by atoms with Gasteiger partial charge < -0.3 is 15.0 Å². The predicted octanol–water partition coefficient (Wildman–Crippen LogP) is 4.29. The molecule has 5 nitrogen and oxygen atoms in total. The molecule has 0 saturated heterocycles. The van der Waals surface area contributed by atoms with Gasteiger partial charge in [-0.1, -0.05) is 48.5 Å². The molecule has 152 valence electrons. The number of fused-ring (bicyclic) bond motifs is 1. The number of hydrogen-bond donors (Lipinski definition) is 1. The Morgan fingerprint density at radius 1 is 1.03 bits per heavy atom. The Kier molecular flexibility index (Phi) is 5.80. The Bertz CT molecular complexity index is 1030. The highest BCUT2D eigenvalue weighted by Gasteiger charge is 2.27. The maximum absolute atomic E-state index is 12.8. The summed E-state index contributed by atoms with van der Waals surface area (Å²) in [5.41, 5.74) is 3.34. The molecule has 3 aromatic rings. The molecule has 1 unspecified atom stereocenters. The molecule has 1 N–H and O–H groups in total. The third-order valence-corrected chi connectivity index (χ3v) is 5.19. The van der Waals surface area contributed by atoms with Crippen LogP contribution in [0.3, 0.4) is 0 Å². The Labute approximate surface area is 176 Å². The summed E-state index contributed by atoms with van der Waals surface area (Å²) < 4.78 is 5.89. The lowest BCUT2D eigenvalue weighted by Crippen LogP contribution is -2.39. The molecule has 5 heteroatoms. The average Bonchev–Trinajstić information content (AvgIpc) is 2.89. The van der Waals surface area contributed by atoms with E-state index in [9.17, 15) is 9.59 Å². The zero-order valence-corrected chi connectivity index (χ0v) is 16.9. The molecule has 0 aromatic heterocycles. The molecule has 1 heterocycles. The van der Waals surface area contributed by atoms with E-state index in [-0.39, 0.29) is 11.8 Å². The van der Waals surface area contributed by atoms with Crippen LogP contribution in [-0.2, 0) is 17.8 Å². The van der Waals surface area contributed by atoms with Crippen LogP contribution in [0.25, 0.3) is 0 Å². The summed E-state index contributed by atoms with van der Waals surface area (Å²) in [5, 5.41) is 2.93. The fourth-order valence-corrected chi connectivity index (χ4v) is 3.57. The summed E-state index contributed by atoms with van der Waals surface area (Å²) in [6.45, 7) is 2.83. The minimum atomic E-state index is -0.549. The molecule has 0 radical (unpaired) electrons. The Morgan fingerprint density at radius 2 is 1.73 bits per heavy atom. The van der Waals surface area contributed by atoms with Crippen LogP contribution in [0.15, 0.2) is 78.9 Å². The number of carbonyl (C=O) groups is 2. The molecule has 2 amide bonds. The molecule has 30 heavy (non-hydrogen) atoms. The fourth-order valence-electron chi connectivity index (χ4n) is 3.57. The van der Waals surface area contributed by atoms with Crippen LogP contribution in [0.5, 0.6) is 5.75 Å². The van der Waals surface area contributed by atoms with Crippen molar-refractivity contribution >= 4 is 17.5 Å². The van der Waals surface area contributed by atoms with Crippen LogP contribution in [0, 0.1) is 0 Å². The molecule has 0 fully saturated rings. The van der Waals surface area contributed by atoms with Crippen LogP contribution in [0.2, 0.25) is 0 Å². The van der Waals surface area contributed by atoms with Crippen molar-refractivity contribution in [3.05, 3.63) is 95.6 Å². The summed E-state index contributed by atoms with van der Waals surface area (Å²) in [7, 11) is 0. The van der Waals surface area contributed by atoms with Gasteiger partial charge >= 0.3 is 0 Å². The van der Waals surface area contributed by atoms with E-state index in [4.69, 9.17) is 4.74 Å². The molecular weight excluding hydrogens is 376 g/mol. The summed E-state index contributed by atoms with van der Waals surface area (Å²) in [6.07, 6.45) is 0.228. The number of carbonyl (C=O) groups excluding carboxylic acids is 2. The van der Waals surface area contributed by atoms with Gasteiger partial charge in [-0.3, -0.25) is 9.59 Å². The molecule has 0 bridgehead atoms. The average molecular weight is 400 g/mol. The van der Waals surface area contributed by atoms with E-state index in [1.54, 1.807) is 25.1 Å². The van der Waals surface area contributed by atoms with E-state index in [1.807, 2.05) is 53.4 Å². The number of benzene rings is 3. The molecule has 3 aromatic carbocycles. The Hall–Kier alpha value is -3.60. The highest BCUT2D eigenvalue weighted by molar-refractivity contribution is 6.04. The van der Waals surface area contributed by atoms with Crippen molar-refractivity contribution in [1.29, 1.82) is 0 Å². The second kappa shape index (κ2) is 8.82. The normalized spacial score (nSPS) is 15.7. The van der Waals surface area contributed by atoms with E-state index >= 15 is 0 Å². The van der Waals surface area contributed by atoms with Gasteiger partial charge in [0.05, 0.1) is 0 Å². The topological polar surface area (TPSA) is 58.6 Å². The standard InChI is InChI=1S/C25H24N2O3/c1-18-25(29)27(15-14-19-8-4-2-5-9-19)17-21-16-22(12-13-23(21)30-18)26-24(28)20-10-6-3-7-11-20/h2-13,16,18H,14-15,17H2,1H3,(H,26,28). The maximum Gasteiger partial charge on any atom is 0.263 e. The summed E-state index contributed by atoms with van der Waals surface area (Å²) >= 11 is 0. The van der Waals surface area contributed by atoms with Gasteiger partial charge in [-0.2, -0.15) is 0 Å². The van der Waals surface area contributed by atoms with E-state index in [2.05, 4.69) is 17.4 Å². The van der Waals surface area contributed by atoms with Gasteiger partial charge in [0.1, 0.15) is 5.75 Å². The fraction of sp³-hybridized carbons (Fsp3) is 0.200. The molecule has 1 aliphatic heterocycles.